The predicted molar refractivity (Wildman–Crippen MR) is 65.9 cm³/mol. The second kappa shape index (κ2) is 4.77. The zero-order chi connectivity index (χ0) is 9.97. The van der Waals surface area contributed by atoms with Gasteiger partial charge in [-0.1, -0.05) is 12.8 Å². The Morgan fingerprint density at radius 1 is 1.64 bits per heavy atom. The summed E-state index contributed by atoms with van der Waals surface area (Å²) in [7, 11) is 2.08. The van der Waals surface area contributed by atoms with Crippen molar-refractivity contribution in [3.8, 4) is 0 Å². The van der Waals surface area contributed by atoms with Gasteiger partial charge in [0, 0.05) is 15.4 Å². The number of rotatable bonds is 5. The Morgan fingerprint density at radius 3 is 2.93 bits per heavy atom. The van der Waals surface area contributed by atoms with E-state index in [9.17, 15) is 0 Å². The van der Waals surface area contributed by atoms with Crippen molar-refractivity contribution in [1.29, 1.82) is 0 Å². The van der Waals surface area contributed by atoms with E-state index in [1.165, 1.54) is 35.0 Å². The van der Waals surface area contributed by atoms with Crippen molar-refractivity contribution < 1.29 is 0 Å². The van der Waals surface area contributed by atoms with Crippen LogP contribution in [-0.2, 0) is 6.42 Å². The standard InChI is InChI=1S/C11H16BrNS/c1-13-9(6-8-2-3-8)7-11-10(12)4-5-14-11/h4-5,8-9,13H,2-3,6-7H2,1H3. The molecule has 1 aliphatic rings. The van der Waals surface area contributed by atoms with Crippen LogP contribution in [0.4, 0.5) is 0 Å². The van der Waals surface area contributed by atoms with Crippen LogP contribution >= 0.6 is 27.3 Å². The fourth-order valence-corrected chi connectivity index (χ4v) is 3.35. The van der Waals surface area contributed by atoms with E-state index in [2.05, 4.69) is 39.7 Å². The van der Waals surface area contributed by atoms with Gasteiger partial charge in [-0.3, -0.25) is 0 Å². The Bertz CT molecular complexity index is 293. The maximum Gasteiger partial charge on any atom is 0.0314 e. The van der Waals surface area contributed by atoms with Gasteiger partial charge in [0.25, 0.3) is 0 Å². The molecule has 1 heterocycles. The van der Waals surface area contributed by atoms with Gasteiger partial charge < -0.3 is 5.32 Å². The van der Waals surface area contributed by atoms with E-state index < -0.39 is 0 Å². The highest BCUT2D eigenvalue weighted by atomic mass is 79.9. The summed E-state index contributed by atoms with van der Waals surface area (Å²) < 4.78 is 1.28. The van der Waals surface area contributed by atoms with Gasteiger partial charge in [0.1, 0.15) is 0 Å². The summed E-state index contributed by atoms with van der Waals surface area (Å²) in [5.74, 6) is 1.01. The average molecular weight is 274 g/mol. The minimum Gasteiger partial charge on any atom is -0.317 e. The first-order valence-corrected chi connectivity index (χ1v) is 6.86. The van der Waals surface area contributed by atoms with Crippen molar-refractivity contribution in [3.05, 3.63) is 20.8 Å². The Labute approximate surface area is 98.0 Å². The molecule has 0 aromatic carbocycles. The molecular weight excluding hydrogens is 258 g/mol. The van der Waals surface area contributed by atoms with Crippen molar-refractivity contribution in [1.82, 2.24) is 5.32 Å². The number of halogens is 1. The van der Waals surface area contributed by atoms with Gasteiger partial charge in [0.2, 0.25) is 0 Å². The number of nitrogens with one attached hydrogen (secondary N) is 1. The SMILES string of the molecule is CNC(Cc1sccc1Br)CC1CC1. The van der Waals surface area contributed by atoms with Crippen molar-refractivity contribution in [3.63, 3.8) is 0 Å². The lowest BCUT2D eigenvalue weighted by atomic mass is 10.1. The summed E-state index contributed by atoms with van der Waals surface area (Å²) in [5, 5.41) is 5.58. The topological polar surface area (TPSA) is 12.0 Å². The van der Waals surface area contributed by atoms with Crippen LogP contribution in [0.2, 0.25) is 0 Å². The molecule has 1 N–H and O–H groups in total. The van der Waals surface area contributed by atoms with Gasteiger partial charge in [-0.05, 0) is 53.2 Å². The summed E-state index contributed by atoms with van der Waals surface area (Å²) in [6.45, 7) is 0. The Kier molecular flexibility index (Phi) is 3.63. The zero-order valence-electron chi connectivity index (χ0n) is 8.42. The summed E-state index contributed by atoms with van der Waals surface area (Å²) in [6, 6.07) is 2.81. The molecule has 78 valence electrons. The van der Waals surface area contributed by atoms with E-state index >= 15 is 0 Å². The van der Waals surface area contributed by atoms with Gasteiger partial charge in [-0.2, -0.15) is 0 Å². The van der Waals surface area contributed by atoms with Crippen molar-refractivity contribution >= 4 is 27.3 Å². The smallest absolute Gasteiger partial charge is 0.0314 e. The molecule has 14 heavy (non-hydrogen) atoms. The summed E-state index contributed by atoms with van der Waals surface area (Å²) in [5.41, 5.74) is 0. The largest absolute Gasteiger partial charge is 0.317 e. The van der Waals surface area contributed by atoms with Gasteiger partial charge >= 0.3 is 0 Å². The van der Waals surface area contributed by atoms with Crippen LogP contribution in [-0.4, -0.2) is 13.1 Å². The molecule has 1 nitrogen and oxygen atoms in total. The third kappa shape index (κ3) is 2.81. The van der Waals surface area contributed by atoms with E-state index in [1.807, 2.05) is 11.3 Å². The minimum absolute atomic E-state index is 0.664. The minimum atomic E-state index is 0.664. The molecule has 3 heteroatoms. The van der Waals surface area contributed by atoms with Crippen LogP contribution < -0.4 is 5.32 Å². The van der Waals surface area contributed by atoms with E-state index in [1.54, 1.807) is 0 Å². The number of likely N-dealkylation sites (N-methyl/N-ethyl adjacent to an activating group) is 1. The maximum absolute atomic E-state index is 3.59. The fourth-order valence-electron chi connectivity index (χ4n) is 1.75. The monoisotopic (exact) mass is 273 g/mol. The highest BCUT2D eigenvalue weighted by Crippen LogP contribution is 2.35. The van der Waals surface area contributed by atoms with Crippen LogP contribution in [0, 0.1) is 5.92 Å². The first kappa shape index (κ1) is 10.7. The van der Waals surface area contributed by atoms with Crippen LogP contribution in [0.25, 0.3) is 0 Å². The summed E-state index contributed by atoms with van der Waals surface area (Å²) in [4.78, 5) is 1.48. The highest BCUT2D eigenvalue weighted by Gasteiger charge is 2.25. The molecule has 1 fully saturated rings. The second-order valence-corrected chi connectivity index (χ2v) is 5.92. The molecule has 0 amide bonds. The Balaban J connectivity index is 1.89. The van der Waals surface area contributed by atoms with E-state index in [4.69, 9.17) is 0 Å². The lowest BCUT2D eigenvalue weighted by Gasteiger charge is -2.14. The molecule has 1 saturated carbocycles. The number of hydrogen-bond acceptors (Lipinski definition) is 2. The van der Waals surface area contributed by atoms with Gasteiger partial charge in [-0.15, -0.1) is 11.3 Å². The van der Waals surface area contributed by atoms with E-state index in [0.717, 1.165) is 5.92 Å². The fraction of sp³-hybridized carbons (Fsp3) is 0.636. The molecule has 0 radical (unpaired) electrons. The quantitative estimate of drug-likeness (QED) is 0.867. The molecule has 1 aromatic rings. The molecule has 2 rings (SSSR count). The van der Waals surface area contributed by atoms with E-state index in [-0.39, 0.29) is 0 Å². The molecule has 1 unspecified atom stereocenters. The molecule has 1 aliphatic carbocycles. The second-order valence-electron chi connectivity index (χ2n) is 4.06. The molecule has 1 atom stereocenters. The molecule has 0 bridgehead atoms. The Morgan fingerprint density at radius 2 is 2.43 bits per heavy atom. The first-order valence-electron chi connectivity index (χ1n) is 5.18. The zero-order valence-corrected chi connectivity index (χ0v) is 10.8. The van der Waals surface area contributed by atoms with Crippen LogP contribution in [0.3, 0.4) is 0 Å². The van der Waals surface area contributed by atoms with Crippen LogP contribution in [0.15, 0.2) is 15.9 Å². The third-order valence-electron chi connectivity index (χ3n) is 2.85. The van der Waals surface area contributed by atoms with Crippen LogP contribution in [0.5, 0.6) is 0 Å². The third-order valence-corrected chi connectivity index (χ3v) is 4.79. The van der Waals surface area contributed by atoms with E-state index in [0.29, 0.717) is 6.04 Å². The molecular formula is C11H16BrNS. The molecule has 0 saturated heterocycles. The van der Waals surface area contributed by atoms with Gasteiger partial charge in [0.05, 0.1) is 0 Å². The van der Waals surface area contributed by atoms with Crippen LogP contribution in [0.1, 0.15) is 24.1 Å². The number of hydrogen-bond donors (Lipinski definition) is 1. The molecule has 1 aromatic heterocycles. The molecule has 0 spiro atoms. The highest BCUT2D eigenvalue weighted by molar-refractivity contribution is 9.10. The summed E-state index contributed by atoms with van der Waals surface area (Å²) in [6.07, 6.45) is 5.42. The van der Waals surface area contributed by atoms with Crippen molar-refractivity contribution in [2.75, 3.05) is 7.05 Å². The normalized spacial score (nSPS) is 18.4. The van der Waals surface area contributed by atoms with Gasteiger partial charge in [0.15, 0.2) is 0 Å². The number of thiophene rings is 1. The average Bonchev–Trinajstić information content (AvgIpc) is 2.90. The lowest BCUT2D eigenvalue weighted by Crippen LogP contribution is -2.27. The Hall–Kier alpha value is 0.140. The maximum atomic E-state index is 3.59. The predicted octanol–water partition coefficient (Wildman–Crippen LogP) is 3.44. The van der Waals surface area contributed by atoms with Crippen molar-refractivity contribution in [2.45, 2.75) is 31.7 Å². The van der Waals surface area contributed by atoms with Gasteiger partial charge in [-0.25, -0.2) is 0 Å². The summed E-state index contributed by atoms with van der Waals surface area (Å²) >= 11 is 5.44. The lowest BCUT2D eigenvalue weighted by molar-refractivity contribution is 0.493. The van der Waals surface area contributed by atoms with Crippen molar-refractivity contribution in [2.24, 2.45) is 5.92 Å². The first-order chi connectivity index (χ1) is 6.79. The molecule has 0 aliphatic heterocycles.